The molecule has 0 bridgehead atoms. The maximum atomic E-state index is 10.8. The van der Waals surface area contributed by atoms with Crippen LogP contribution in [0.15, 0.2) is 36.5 Å². The van der Waals surface area contributed by atoms with E-state index >= 15 is 0 Å². The van der Waals surface area contributed by atoms with Gasteiger partial charge in [-0.25, -0.2) is 14.4 Å². The highest BCUT2D eigenvalue weighted by Crippen LogP contribution is 1.96. The molecule has 0 aromatic carbocycles. The van der Waals surface area contributed by atoms with E-state index in [1.807, 2.05) is 0 Å². The van der Waals surface area contributed by atoms with Crippen molar-refractivity contribution in [3.05, 3.63) is 36.5 Å². The molecule has 0 rings (SSSR count). The number of rotatable bonds is 7. The quantitative estimate of drug-likeness (QED) is 0.407. The van der Waals surface area contributed by atoms with Gasteiger partial charge in [-0.05, 0) is 19.9 Å². The van der Waals surface area contributed by atoms with Crippen LogP contribution >= 0.6 is 0 Å². The summed E-state index contributed by atoms with van der Waals surface area (Å²) in [6.45, 7) is 10.2. The molecule has 2 N–H and O–H groups in total. The van der Waals surface area contributed by atoms with Crippen molar-refractivity contribution >= 4 is 17.9 Å². The van der Waals surface area contributed by atoms with E-state index in [9.17, 15) is 14.4 Å². The fourth-order valence-electron chi connectivity index (χ4n) is 0.761. The van der Waals surface area contributed by atoms with Gasteiger partial charge in [0.15, 0.2) is 0 Å². The third kappa shape index (κ3) is 12.4. The van der Waals surface area contributed by atoms with E-state index in [-0.39, 0.29) is 24.4 Å². The maximum absolute atomic E-state index is 10.8. The second-order valence-corrected chi connectivity index (χ2v) is 3.40. The summed E-state index contributed by atoms with van der Waals surface area (Å²) in [5, 5.41) is 16.5. The lowest BCUT2D eigenvalue weighted by Gasteiger charge is -1.99. The van der Waals surface area contributed by atoms with Crippen LogP contribution in [0.25, 0.3) is 0 Å². The van der Waals surface area contributed by atoms with E-state index in [0.717, 1.165) is 12.2 Å². The summed E-state index contributed by atoms with van der Waals surface area (Å²) in [4.78, 5) is 31.3. The van der Waals surface area contributed by atoms with Gasteiger partial charge in [-0.3, -0.25) is 0 Å². The molecular weight excluding hydrogens is 280 g/mol. The first-order valence-electron chi connectivity index (χ1n) is 6.02. The lowest BCUT2D eigenvalue weighted by molar-refractivity contribution is -0.139. The highest BCUT2D eigenvalue weighted by atomic mass is 16.5. The predicted octanol–water partition coefficient (Wildman–Crippen LogP) is 0.844. The molecule has 21 heavy (non-hydrogen) atoms. The first-order chi connectivity index (χ1) is 9.79. The fourth-order valence-corrected chi connectivity index (χ4v) is 0.761. The molecule has 0 aromatic rings. The first-order valence-corrected chi connectivity index (χ1v) is 6.02. The molecule has 0 aromatic heterocycles. The van der Waals surface area contributed by atoms with Crippen molar-refractivity contribution in [3.8, 4) is 0 Å². The number of aliphatic hydroxyl groups excluding tert-OH is 1. The molecule has 0 spiro atoms. The van der Waals surface area contributed by atoms with Crippen LogP contribution in [-0.2, 0) is 23.9 Å². The summed E-state index contributed by atoms with van der Waals surface area (Å²) >= 11 is 0. The minimum absolute atomic E-state index is 0.0271. The zero-order valence-corrected chi connectivity index (χ0v) is 12.1. The molecule has 0 aliphatic rings. The Morgan fingerprint density at radius 1 is 1.00 bits per heavy atom. The first kappa shape index (κ1) is 20.9. The molecule has 0 aliphatic carbocycles. The Hall–Kier alpha value is -2.41. The molecular formula is C14H20O7. The van der Waals surface area contributed by atoms with Crippen LogP contribution in [0.3, 0.4) is 0 Å². The van der Waals surface area contributed by atoms with Crippen LogP contribution in [-0.4, -0.2) is 47.9 Å². The lowest BCUT2D eigenvalue weighted by atomic mass is 10.3. The molecule has 0 aliphatic heterocycles. The summed E-state index contributed by atoms with van der Waals surface area (Å²) in [5.74, 6) is -2.25. The van der Waals surface area contributed by atoms with Crippen molar-refractivity contribution in [3.63, 3.8) is 0 Å². The predicted molar refractivity (Wildman–Crippen MR) is 75.4 cm³/mol. The van der Waals surface area contributed by atoms with Gasteiger partial charge in [0.2, 0.25) is 0 Å². The van der Waals surface area contributed by atoms with Gasteiger partial charge in [-0.15, -0.1) is 0 Å². The molecule has 7 heteroatoms. The van der Waals surface area contributed by atoms with E-state index in [1.165, 1.54) is 0 Å². The van der Waals surface area contributed by atoms with E-state index in [1.54, 1.807) is 13.8 Å². The number of carboxylic acid groups (broad SMARTS) is 1. The summed E-state index contributed by atoms with van der Waals surface area (Å²) < 4.78 is 9.05. The van der Waals surface area contributed by atoms with Gasteiger partial charge in [0.05, 0.1) is 31.0 Å². The van der Waals surface area contributed by atoms with Crippen LogP contribution < -0.4 is 0 Å². The second kappa shape index (κ2) is 12.6. The molecule has 0 saturated carbocycles. The molecule has 0 radical (unpaired) electrons. The second-order valence-electron chi connectivity index (χ2n) is 3.40. The number of carbonyl (C=O) groups excluding carboxylic acids is 2. The highest BCUT2D eigenvalue weighted by molar-refractivity contribution is 5.93. The minimum Gasteiger partial charge on any atom is -0.478 e. The largest absolute Gasteiger partial charge is 0.478 e. The Bertz CT molecular complexity index is 421. The van der Waals surface area contributed by atoms with Crippen LogP contribution in [0.1, 0.15) is 13.8 Å². The van der Waals surface area contributed by atoms with Crippen molar-refractivity contribution in [2.75, 3.05) is 19.8 Å². The smallest absolute Gasteiger partial charge is 0.337 e. The van der Waals surface area contributed by atoms with Gasteiger partial charge >= 0.3 is 17.9 Å². The van der Waals surface area contributed by atoms with Crippen molar-refractivity contribution in [1.29, 1.82) is 0 Å². The summed E-state index contributed by atoms with van der Waals surface area (Å²) in [6, 6.07) is 0. The number of hydrogen-bond donors (Lipinski definition) is 2. The number of carbonyl (C=O) groups is 3. The van der Waals surface area contributed by atoms with E-state index in [4.69, 9.17) is 10.2 Å². The van der Waals surface area contributed by atoms with Gasteiger partial charge in [0.25, 0.3) is 0 Å². The van der Waals surface area contributed by atoms with Crippen LogP contribution in [0.5, 0.6) is 0 Å². The molecule has 0 atom stereocenters. The fraction of sp³-hybridized carbons (Fsp3) is 0.357. The number of aliphatic hydroxyl groups is 1. The zero-order valence-electron chi connectivity index (χ0n) is 12.1. The van der Waals surface area contributed by atoms with Gasteiger partial charge in [-0.1, -0.05) is 13.2 Å². The van der Waals surface area contributed by atoms with Gasteiger partial charge < -0.3 is 19.7 Å². The number of aliphatic carboxylic acids is 1. The summed E-state index contributed by atoms with van der Waals surface area (Å²) in [7, 11) is 0. The van der Waals surface area contributed by atoms with Gasteiger partial charge in [0, 0.05) is 6.08 Å². The Kier molecular flexibility index (Phi) is 12.6. The lowest BCUT2D eigenvalue weighted by Crippen LogP contribution is -2.08. The average Bonchev–Trinajstić information content (AvgIpc) is 2.44. The highest BCUT2D eigenvalue weighted by Gasteiger charge is 2.04. The minimum atomic E-state index is -1.12. The van der Waals surface area contributed by atoms with E-state index in [2.05, 4.69) is 22.6 Å². The number of hydrogen-bond acceptors (Lipinski definition) is 6. The molecule has 0 saturated heterocycles. The summed E-state index contributed by atoms with van der Waals surface area (Å²) in [6.07, 6.45) is 1.93. The number of esters is 2. The van der Waals surface area contributed by atoms with Crippen molar-refractivity contribution < 1.29 is 34.1 Å². The van der Waals surface area contributed by atoms with E-state index < -0.39 is 17.9 Å². The Labute approximate surface area is 123 Å². The molecule has 0 fully saturated rings. The zero-order chi connectivity index (χ0) is 16.8. The normalized spacial score (nSPS) is 9.29. The average molecular weight is 300 g/mol. The maximum Gasteiger partial charge on any atom is 0.337 e. The third-order valence-corrected chi connectivity index (χ3v) is 1.72. The standard InChI is InChI=1S/C8H10O4.C6H10O3/c1-3-12-8(11)6(2)4-5-7(9)10;1-3-9-6(8)5(2)4-7/h4-5H,2-3H2,1H3,(H,9,10);7H,2-4H2,1H3. The Balaban J connectivity index is 0. The molecule has 118 valence electrons. The molecule has 7 nitrogen and oxygen atoms in total. The summed E-state index contributed by atoms with van der Waals surface area (Å²) in [5.41, 5.74) is 0.121. The number of carboxylic acids is 1. The number of ether oxygens (including phenoxy) is 2. The molecule has 0 unspecified atom stereocenters. The van der Waals surface area contributed by atoms with Crippen molar-refractivity contribution in [2.45, 2.75) is 13.8 Å². The van der Waals surface area contributed by atoms with Crippen molar-refractivity contribution in [1.82, 2.24) is 0 Å². The molecule has 0 heterocycles. The van der Waals surface area contributed by atoms with Crippen LogP contribution in [0.4, 0.5) is 0 Å². The van der Waals surface area contributed by atoms with Crippen molar-refractivity contribution in [2.24, 2.45) is 0 Å². The topological polar surface area (TPSA) is 110 Å². The third-order valence-electron chi connectivity index (χ3n) is 1.72. The van der Waals surface area contributed by atoms with Gasteiger partial charge in [-0.2, -0.15) is 0 Å². The Morgan fingerprint density at radius 2 is 1.48 bits per heavy atom. The van der Waals surface area contributed by atoms with E-state index in [0.29, 0.717) is 6.61 Å². The monoisotopic (exact) mass is 300 g/mol. The van der Waals surface area contributed by atoms with Crippen LogP contribution in [0, 0.1) is 0 Å². The Morgan fingerprint density at radius 3 is 1.86 bits per heavy atom. The van der Waals surface area contributed by atoms with Gasteiger partial charge in [0.1, 0.15) is 0 Å². The van der Waals surface area contributed by atoms with Crippen LogP contribution in [0.2, 0.25) is 0 Å². The molecule has 0 amide bonds. The SMILES string of the molecule is C=C(C=CC(=O)O)C(=O)OCC.C=C(CO)C(=O)OCC.